The average molecular weight is 279 g/mol. The largest absolute Gasteiger partial charge is 0.356 e. The fourth-order valence-corrected chi connectivity index (χ4v) is 2.10. The number of halogens is 1. The molecule has 0 bridgehead atoms. The van der Waals surface area contributed by atoms with Gasteiger partial charge in [-0.1, -0.05) is 51.4 Å². The molecule has 0 aliphatic heterocycles. The molecule has 110 valence electrons. The first-order valence-corrected chi connectivity index (χ1v) is 8.16. The lowest BCUT2D eigenvalue weighted by molar-refractivity contribution is -0.0502. The third kappa shape index (κ3) is 16.2. The van der Waals surface area contributed by atoms with Gasteiger partial charge in [-0.15, -0.1) is 11.6 Å². The number of unbranched alkanes of at least 4 members (excludes halogenated alkanes) is 9. The Morgan fingerprint density at radius 3 is 1.67 bits per heavy atom. The zero-order chi connectivity index (χ0) is 13.3. The van der Waals surface area contributed by atoms with E-state index in [-0.39, 0.29) is 0 Å². The quantitative estimate of drug-likeness (QED) is 0.235. The van der Waals surface area contributed by atoms with Gasteiger partial charge in [0.1, 0.15) is 6.79 Å². The van der Waals surface area contributed by atoms with Crippen LogP contribution in [0.15, 0.2) is 0 Å². The summed E-state index contributed by atoms with van der Waals surface area (Å²) in [4.78, 5) is 0. The number of hydrogen-bond acceptors (Lipinski definition) is 2. The Bertz CT molecular complexity index is 126. The molecule has 2 nitrogen and oxygen atoms in total. The molecule has 0 aromatic heterocycles. The van der Waals surface area contributed by atoms with Crippen LogP contribution in [0.5, 0.6) is 0 Å². The maximum absolute atomic E-state index is 5.63. The summed E-state index contributed by atoms with van der Waals surface area (Å²) in [5, 5.41) is 0. The summed E-state index contributed by atoms with van der Waals surface area (Å²) in [5.41, 5.74) is 0. The molecule has 0 aliphatic carbocycles. The van der Waals surface area contributed by atoms with Gasteiger partial charge in [0, 0.05) is 19.1 Å². The average Bonchev–Trinajstić information content (AvgIpc) is 2.39. The van der Waals surface area contributed by atoms with E-state index in [1.54, 1.807) is 0 Å². The van der Waals surface area contributed by atoms with Crippen LogP contribution in [0.2, 0.25) is 0 Å². The second-order valence-electron chi connectivity index (χ2n) is 4.74. The SMILES string of the molecule is CCOCOCCCCCCCCCCCCCl. The highest BCUT2D eigenvalue weighted by Gasteiger charge is 1.93. The maximum Gasteiger partial charge on any atom is 0.146 e. The van der Waals surface area contributed by atoms with Crippen LogP contribution in [0.3, 0.4) is 0 Å². The van der Waals surface area contributed by atoms with E-state index in [9.17, 15) is 0 Å². The summed E-state index contributed by atoms with van der Waals surface area (Å²) in [5.74, 6) is 0.825. The molecule has 0 N–H and O–H groups in total. The van der Waals surface area contributed by atoms with Gasteiger partial charge in [-0.2, -0.15) is 0 Å². The van der Waals surface area contributed by atoms with Crippen LogP contribution >= 0.6 is 11.6 Å². The Hall–Kier alpha value is 0.210. The van der Waals surface area contributed by atoms with E-state index >= 15 is 0 Å². The van der Waals surface area contributed by atoms with E-state index in [1.807, 2.05) is 6.92 Å². The molecular weight excluding hydrogens is 248 g/mol. The molecule has 0 spiro atoms. The van der Waals surface area contributed by atoms with Crippen molar-refractivity contribution >= 4 is 11.6 Å². The molecule has 0 heterocycles. The first kappa shape index (κ1) is 18.2. The maximum atomic E-state index is 5.63. The van der Waals surface area contributed by atoms with Crippen LogP contribution in [0.1, 0.15) is 71.1 Å². The molecule has 3 heteroatoms. The monoisotopic (exact) mass is 278 g/mol. The van der Waals surface area contributed by atoms with Crippen molar-refractivity contribution < 1.29 is 9.47 Å². The lowest BCUT2D eigenvalue weighted by atomic mass is 10.1. The predicted molar refractivity (Wildman–Crippen MR) is 79.3 cm³/mol. The highest BCUT2D eigenvalue weighted by atomic mass is 35.5. The summed E-state index contributed by atoms with van der Waals surface area (Å²) in [7, 11) is 0. The fourth-order valence-electron chi connectivity index (χ4n) is 1.91. The number of alkyl halides is 1. The first-order valence-electron chi connectivity index (χ1n) is 7.63. The highest BCUT2D eigenvalue weighted by molar-refractivity contribution is 6.17. The second-order valence-corrected chi connectivity index (χ2v) is 5.12. The van der Waals surface area contributed by atoms with E-state index in [4.69, 9.17) is 21.1 Å². The van der Waals surface area contributed by atoms with Crippen molar-refractivity contribution in [1.29, 1.82) is 0 Å². The van der Waals surface area contributed by atoms with Crippen LogP contribution < -0.4 is 0 Å². The molecule has 0 aromatic carbocycles. The summed E-state index contributed by atoms with van der Waals surface area (Å²) in [6, 6.07) is 0. The van der Waals surface area contributed by atoms with E-state index in [0.717, 1.165) is 19.1 Å². The van der Waals surface area contributed by atoms with Crippen molar-refractivity contribution in [3.63, 3.8) is 0 Å². The number of hydrogen-bond donors (Lipinski definition) is 0. The molecule has 0 fully saturated rings. The summed E-state index contributed by atoms with van der Waals surface area (Å²) in [6.07, 6.45) is 13.2. The van der Waals surface area contributed by atoms with E-state index < -0.39 is 0 Å². The van der Waals surface area contributed by atoms with Crippen molar-refractivity contribution in [2.45, 2.75) is 71.1 Å². The lowest BCUT2D eigenvalue weighted by Gasteiger charge is -2.04. The molecule has 0 atom stereocenters. The predicted octanol–water partition coefficient (Wildman–Crippen LogP) is 5.14. The minimum atomic E-state index is 0.457. The van der Waals surface area contributed by atoms with Crippen molar-refractivity contribution in [2.75, 3.05) is 25.9 Å². The van der Waals surface area contributed by atoms with Crippen molar-refractivity contribution in [3.05, 3.63) is 0 Å². The third-order valence-corrected chi connectivity index (χ3v) is 3.31. The molecular formula is C15H31ClO2. The summed E-state index contributed by atoms with van der Waals surface area (Å²) >= 11 is 5.63. The van der Waals surface area contributed by atoms with Crippen molar-refractivity contribution in [2.24, 2.45) is 0 Å². The molecule has 0 amide bonds. The summed E-state index contributed by atoms with van der Waals surface area (Å²) in [6.45, 7) is 4.03. The molecule has 0 saturated heterocycles. The second kappa shape index (κ2) is 17.2. The Labute approximate surface area is 118 Å². The Balaban J connectivity index is 2.86. The van der Waals surface area contributed by atoms with Gasteiger partial charge in [-0.05, 0) is 19.8 Å². The molecule has 0 rings (SSSR count). The fraction of sp³-hybridized carbons (Fsp3) is 1.00. The normalized spacial score (nSPS) is 11.0. The molecule has 0 radical (unpaired) electrons. The molecule has 0 aliphatic rings. The van der Waals surface area contributed by atoms with Crippen LogP contribution in [-0.4, -0.2) is 25.9 Å². The Morgan fingerprint density at radius 1 is 0.667 bits per heavy atom. The standard InChI is InChI=1S/C15H31ClO2/c1-2-17-15-18-14-12-10-8-6-4-3-5-7-9-11-13-16/h2-15H2,1H3. The van der Waals surface area contributed by atoms with Gasteiger partial charge in [-0.25, -0.2) is 0 Å². The Morgan fingerprint density at radius 2 is 1.17 bits per heavy atom. The van der Waals surface area contributed by atoms with Crippen molar-refractivity contribution in [3.8, 4) is 0 Å². The van der Waals surface area contributed by atoms with Crippen LogP contribution in [0.25, 0.3) is 0 Å². The van der Waals surface area contributed by atoms with Gasteiger partial charge in [0.05, 0.1) is 0 Å². The molecule has 18 heavy (non-hydrogen) atoms. The van der Waals surface area contributed by atoms with E-state index in [0.29, 0.717) is 6.79 Å². The minimum absolute atomic E-state index is 0.457. The van der Waals surface area contributed by atoms with Gasteiger partial charge in [0.15, 0.2) is 0 Å². The van der Waals surface area contributed by atoms with Gasteiger partial charge in [0.2, 0.25) is 0 Å². The third-order valence-electron chi connectivity index (χ3n) is 3.04. The number of ether oxygens (including phenoxy) is 2. The number of rotatable bonds is 15. The zero-order valence-corrected chi connectivity index (χ0v) is 12.8. The van der Waals surface area contributed by atoms with E-state index in [1.165, 1.54) is 64.2 Å². The van der Waals surface area contributed by atoms with Crippen LogP contribution in [0, 0.1) is 0 Å². The highest BCUT2D eigenvalue weighted by Crippen LogP contribution is 2.10. The zero-order valence-electron chi connectivity index (χ0n) is 12.1. The molecule has 0 unspecified atom stereocenters. The van der Waals surface area contributed by atoms with Gasteiger partial charge < -0.3 is 9.47 Å². The molecule has 0 saturated carbocycles. The topological polar surface area (TPSA) is 18.5 Å². The van der Waals surface area contributed by atoms with Crippen LogP contribution in [0.4, 0.5) is 0 Å². The smallest absolute Gasteiger partial charge is 0.146 e. The Kier molecular flexibility index (Phi) is 17.4. The summed E-state index contributed by atoms with van der Waals surface area (Å²) < 4.78 is 10.4. The first-order chi connectivity index (χ1) is 8.91. The minimum Gasteiger partial charge on any atom is -0.356 e. The molecule has 0 aromatic rings. The van der Waals surface area contributed by atoms with Gasteiger partial charge in [0.25, 0.3) is 0 Å². The van der Waals surface area contributed by atoms with E-state index in [2.05, 4.69) is 0 Å². The lowest BCUT2D eigenvalue weighted by Crippen LogP contribution is -2.00. The van der Waals surface area contributed by atoms with Crippen molar-refractivity contribution in [1.82, 2.24) is 0 Å². The van der Waals surface area contributed by atoms with Gasteiger partial charge in [-0.3, -0.25) is 0 Å². The van der Waals surface area contributed by atoms with Gasteiger partial charge >= 0.3 is 0 Å². The van der Waals surface area contributed by atoms with Crippen LogP contribution in [-0.2, 0) is 9.47 Å².